The van der Waals surface area contributed by atoms with E-state index in [4.69, 9.17) is 9.47 Å². The van der Waals surface area contributed by atoms with Crippen LogP contribution in [-0.4, -0.2) is 31.9 Å². The summed E-state index contributed by atoms with van der Waals surface area (Å²) in [5.74, 6) is 0.820. The fraction of sp³-hybridized carbons (Fsp3) is 0.643. The number of likely N-dealkylation sites (N-methyl/N-ethyl adjacent to an activating group) is 1. The first-order valence-electron chi connectivity index (χ1n) is 6.49. The van der Waals surface area contributed by atoms with E-state index >= 15 is 0 Å². The summed E-state index contributed by atoms with van der Waals surface area (Å²) in [6, 6.07) is 3.91. The predicted molar refractivity (Wildman–Crippen MR) is 70.8 cm³/mol. The van der Waals surface area contributed by atoms with E-state index < -0.39 is 0 Å². The Labute approximate surface area is 109 Å². The zero-order valence-corrected chi connectivity index (χ0v) is 11.4. The lowest BCUT2D eigenvalue weighted by molar-refractivity contribution is -0.0365. The Balaban J connectivity index is 2.38. The van der Waals surface area contributed by atoms with Gasteiger partial charge in [0.05, 0.1) is 18.8 Å². The average Bonchev–Trinajstić information content (AvgIpc) is 2.90. The van der Waals surface area contributed by atoms with Gasteiger partial charge in [0.15, 0.2) is 0 Å². The minimum absolute atomic E-state index is 0.0705. The third-order valence-electron chi connectivity index (χ3n) is 3.96. The van der Waals surface area contributed by atoms with Crippen LogP contribution in [0.1, 0.15) is 37.4 Å². The van der Waals surface area contributed by atoms with Gasteiger partial charge in [-0.3, -0.25) is 4.98 Å². The minimum atomic E-state index is -0.156. The van der Waals surface area contributed by atoms with E-state index in [9.17, 15) is 0 Å². The van der Waals surface area contributed by atoms with Gasteiger partial charge in [-0.15, -0.1) is 0 Å². The SMILES string of the molecule is CNC(c1ncccc1OC)C1(OC)CCCC1. The fourth-order valence-corrected chi connectivity index (χ4v) is 3.03. The molecule has 0 amide bonds. The van der Waals surface area contributed by atoms with Crippen LogP contribution in [0.5, 0.6) is 5.75 Å². The Kier molecular flexibility index (Phi) is 4.19. The van der Waals surface area contributed by atoms with Crippen molar-refractivity contribution < 1.29 is 9.47 Å². The molecule has 1 heterocycles. The van der Waals surface area contributed by atoms with Gasteiger partial charge in [0.25, 0.3) is 0 Å². The van der Waals surface area contributed by atoms with Gasteiger partial charge in [-0.1, -0.05) is 12.8 Å². The number of rotatable bonds is 5. The summed E-state index contributed by atoms with van der Waals surface area (Å²) >= 11 is 0. The number of nitrogens with one attached hydrogen (secondary N) is 1. The molecule has 100 valence electrons. The molecule has 4 nitrogen and oxygen atoms in total. The van der Waals surface area contributed by atoms with Gasteiger partial charge in [-0.05, 0) is 32.0 Å². The molecule has 1 atom stereocenters. The number of hydrogen-bond acceptors (Lipinski definition) is 4. The molecular formula is C14H22N2O2. The van der Waals surface area contributed by atoms with Crippen molar-refractivity contribution in [3.63, 3.8) is 0 Å². The van der Waals surface area contributed by atoms with Crippen LogP contribution in [0.4, 0.5) is 0 Å². The van der Waals surface area contributed by atoms with Crippen molar-refractivity contribution in [1.82, 2.24) is 10.3 Å². The molecule has 1 unspecified atom stereocenters. The highest BCUT2D eigenvalue weighted by Crippen LogP contribution is 2.43. The molecule has 1 aliphatic rings. The summed E-state index contributed by atoms with van der Waals surface area (Å²) in [6.07, 6.45) is 6.35. The van der Waals surface area contributed by atoms with E-state index in [2.05, 4.69) is 10.3 Å². The number of aromatic nitrogens is 1. The maximum atomic E-state index is 5.85. The highest BCUT2D eigenvalue weighted by molar-refractivity contribution is 5.31. The lowest BCUT2D eigenvalue weighted by atomic mass is 9.89. The van der Waals surface area contributed by atoms with Gasteiger partial charge in [-0.25, -0.2) is 0 Å². The van der Waals surface area contributed by atoms with Crippen LogP contribution in [0.25, 0.3) is 0 Å². The van der Waals surface area contributed by atoms with Crippen LogP contribution in [0.15, 0.2) is 18.3 Å². The standard InChI is InChI=1S/C14H22N2O2/c1-15-13(14(18-3)8-4-5-9-14)12-11(17-2)7-6-10-16-12/h6-7,10,13,15H,4-5,8-9H2,1-3H3. The van der Waals surface area contributed by atoms with Crippen molar-refractivity contribution in [2.75, 3.05) is 21.3 Å². The van der Waals surface area contributed by atoms with Gasteiger partial charge in [-0.2, -0.15) is 0 Å². The maximum Gasteiger partial charge on any atom is 0.142 e. The van der Waals surface area contributed by atoms with Crippen molar-refractivity contribution in [3.8, 4) is 5.75 Å². The summed E-state index contributed by atoms with van der Waals surface area (Å²) in [5, 5.41) is 3.36. The Morgan fingerprint density at radius 3 is 2.61 bits per heavy atom. The Bertz CT molecular complexity index is 389. The fourth-order valence-electron chi connectivity index (χ4n) is 3.03. The molecule has 0 aliphatic heterocycles. The Morgan fingerprint density at radius 2 is 2.06 bits per heavy atom. The maximum absolute atomic E-state index is 5.85. The monoisotopic (exact) mass is 250 g/mol. The zero-order valence-electron chi connectivity index (χ0n) is 11.4. The molecule has 0 bridgehead atoms. The second-order valence-electron chi connectivity index (χ2n) is 4.79. The Hall–Kier alpha value is -1.13. The summed E-state index contributed by atoms with van der Waals surface area (Å²) in [5.41, 5.74) is 0.780. The van der Waals surface area contributed by atoms with Crippen LogP contribution in [0, 0.1) is 0 Å². The van der Waals surface area contributed by atoms with Crippen molar-refractivity contribution in [1.29, 1.82) is 0 Å². The minimum Gasteiger partial charge on any atom is -0.495 e. The Morgan fingerprint density at radius 1 is 1.33 bits per heavy atom. The molecule has 18 heavy (non-hydrogen) atoms. The normalized spacial score (nSPS) is 19.7. The highest BCUT2D eigenvalue weighted by atomic mass is 16.5. The third kappa shape index (κ3) is 2.22. The molecule has 2 rings (SSSR count). The number of pyridine rings is 1. The summed E-state index contributed by atoms with van der Waals surface area (Å²) < 4.78 is 11.3. The van der Waals surface area contributed by atoms with Gasteiger partial charge in [0.1, 0.15) is 11.4 Å². The smallest absolute Gasteiger partial charge is 0.142 e. The van der Waals surface area contributed by atoms with Crippen molar-refractivity contribution >= 4 is 0 Å². The molecule has 0 spiro atoms. The van der Waals surface area contributed by atoms with E-state index in [1.165, 1.54) is 12.8 Å². The molecule has 1 aliphatic carbocycles. The first-order chi connectivity index (χ1) is 8.77. The number of ether oxygens (including phenoxy) is 2. The summed E-state index contributed by atoms with van der Waals surface area (Å²) in [7, 11) is 5.43. The highest BCUT2D eigenvalue weighted by Gasteiger charge is 2.43. The zero-order chi connectivity index (χ0) is 13.0. The van der Waals surface area contributed by atoms with Gasteiger partial charge in [0.2, 0.25) is 0 Å². The first-order valence-corrected chi connectivity index (χ1v) is 6.49. The van der Waals surface area contributed by atoms with Crippen LogP contribution in [-0.2, 0) is 4.74 Å². The van der Waals surface area contributed by atoms with E-state index in [1.54, 1.807) is 20.4 Å². The number of nitrogens with zero attached hydrogens (tertiary/aromatic N) is 1. The molecule has 0 aromatic carbocycles. The lowest BCUT2D eigenvalue weighted by Crippen LogP contribution is -2.42. The third-order valence-corrected chi connectivity index (χ3v) is 3.96. The van der Waals surface area contributed by atoms with Crippen LogP contribution >= 0.6 is 0 Å². The van der Waals surface area contributed by atoms with Crippen molar-refractivity contribution in [2.24, 2.45) is 0 Å². The van der Waals surface area contributed by atoms with Crippen LogP contribution in [0.3, 0.4) is 0 Å². The number of hydrogen-bond donors (Lipinski definition) is 1. The van der Waals surface area contributed by atoms with Gasteiger partial charge in [0, 0.05) is 13.3 Å². The second kappa shape index (κ2) is 5.67. The van der Waals surface area contributed by atoms with E-state index in [-0.39, 0.29) is 11.6 Å². The molecule has 1 fully saturated rings. The molecule has 1 N–H and O–H groups in total. The predicted octanol–water partition coefficient (Wildman–Crippen LogP) is 2.31. The van der Waals surface area contributed by atoms with Gasteiger partial charge >= 0.3 is 0 Å². The van der Waals surface area contributed by atoms with Crippen molar-refractivity contribution in [3.05, 3.63) is 24.0 Å². The molecule has 0 radical (unpaired) electrons. The van der Waals surface area contributed by atoms with E-state index in [0.29, 0.717) is 0 Å². The average molecular weight is 250 g/mol. The molecule has 4 heteroatoms. The quantitative estimate of drug-likeness (QED) is 0.871. The molecule has 0 saturated heterocycles. The van der Waals surface area contributed by atoms with Crippen LogP contribution < -0.4 is 10.1 Å². The number of methoxy groups -OCH3 is 2. The summed E-state index contributed by atoms with van der Waals surface area (Å²) in [6.45, 7) is 0. The van der Waals surface area contributed by atoms with Gasteiger partial charge < -0.3 is 14.8 Å². The van der Waals surface area contributed by atoms with E-state index in [0.717, 1.165) is 24.3 Å². The summed E-state index contributed by atoms with van der Waals surface area (Å²) in [4.78, 5) is 4.49. The molecular weight excluding hydrogens is 228 g/mol. The van der Waals surface area contributed by atoms with Crippen LogP contribution in [0.2, 0.25) is 0 Å². The topological polar surface area (TPSA) is 43.4 Å². The molecule has 1 aromatic rings. The van der Waals surface area contributed by atoms with Crippen molar-refractivity contribution in [2.45, 2.75) is 37.3 Å². The second-order valence-corrected chi connectivity index (χ2v) is 4.79. The largest absolute Gasteiger partial charge is 0.495 e. The first kappa shape index (κ1) is 13.3. The molecule has 1 aromatic heterocycles. The molecule has 1 saturated carbocycles. The lowest BCUT2D eigenvalue weighted by Gasteiger charge is -2.36. The van der Waals surface area contributed by atoms with E-state index in [1.807, 2.05) is 19.2 Å².